The van der Waals surface area contributed by atoms with Crippen molar-refractivity contribution in [3.63, 3.8) is 0 Å². The molecule has 92 valence electrons. The molecule has 4 heteroatoms. The molecule has 0 radical (unpaired) electrons. The van der Waals surface area contributed by atoms with Gasteiger partial charge < -0.3 is 14.2 Å². The summed E-state index contributed by atoms with van der Waals surface area (Å²) in [6.45, 7) is 3.51. The van der Waals surface area contributed by atoms with E-state index in [1.54, 1.807) is 0 Å². The summed E-state index contributed by atoms with van der Waals surface area (Å²) < 4.78 is 16.6. The Morgan fingerprint density at radius 1 is 1.12 bits per heavy atom. The van der Waals surface area contributed by atoms with Crippen LogP contribution < -0.4 is 0 Å². The van der Waals surface area contributed by atoms with Crippen molar-refractivity contribution in [2.45, 2.75) is 24.1 Å². The molecule has 0 bridgehead atoms. The molecular weight excluding hydrogens is 284 g/mol. The van der Waals surface area contributed by atoms with Gasteiger partial charge in [-0.05, 0) is 16.7 Å². The van der Waals surface area contributed by atoms with E-state index >= 15 is 0 Å². The molecule has 0 spiro atoms. The highest BCUT2D eigenvalue weighted by Crippen LogP contribution is 2.32. The molecule has 2 aliphatic rings. The van der Waals surface area contributed by atoms with E-state index < -0.39 is 0 Å². The fourth-order valence-corrected chi connectivity index (χ4v) is 2.84. The minimum Gasteiger partial charge on any atom is -0.376 e. The Kier molecular flexibility index (Phi) is 3.47. The molecule has 3 rings (SSSR count). The molecule has 0 aliphatic carbocycles. The summed E-state index contributed by atoms with van der Waals surface area (Å²) in [4.78, 5) is 0.189. The monoisotopic (exact) mass is 298 g/mol. The van der Waals surface area contributed by atoms with E-state index in [1.165, 1.54) is 16.7 Å². The number of halogens is 1. The van der Waals surface area contributed by atoms with Gasteiger partial charge in [-0.25, -0.2) is 0 Å². The van der Waals surface area contributed by atoms with Gasteiger partial charge in [0, 0.05) is 0 Å². The van der Waals surface area contributed by atoms with Gasteiger partial charge in [0.1, 0.15) is 0 Å². The third kappa shape index (κ3) is 2.40. The lowest BCUT2D eigenvalue weighted by molar-refractivity contribution is -0.0876. The van der Waals surface area contributed by atoms with E-state index in [9.17, 15) is 0 Å². The van der Waals surface area contributed by atoms with E-state index in [0.717, 1.165) is 13.2 Å². The van der Waals surface area contributed by atoms with Gasteiger partial charge in [0.2, 0.25) is 0 Å². The SMILES string of the molecule is BrC(c1ccc2c(c1)COC2)C1COCCO1. The fraction of sp³-hybridized carbons (Fsp3) is 0.538. The fourth-order valence-electron chi connectivity index (χ4n) is 2.25. The van der Waals surface area contributed by atoms with Crippen LogP contribution in [0.3, 0.4) is 0 Å². The second-order valence-corrected chi connectivity index (χ2v) is 5.39. The van der Waals surface area contributed by atoms with Crippen LogP contribution in [0.15, 0.2) is 18.2 Å². The lowest BCUT2D eigenvalue weighted by atomic mass is 10.0. The summed E-state index contributed by atoms with van der Waals surface area (Å²) in [5.41, 5.74) is 3.84. The van der Waals surface area contributed by atoms with E-state index in [0.29, 0.717) is 19.8 Å². The lowest BCUT2D eigenvalue weighted by Gasteiger charge is -2.27. The standard InChI is InChI=1S/C13H15BrO3/c14-13(12-8-15-3-4-17-12)9-1-2-10-6-16-7-11(10)5-9/h1-2,5,12-13H,3-4,6-8H2. The summed E-state index contributed by atoms with van der Waals surface area (Å²) in [6.07, 6.45) is 0.101. The van der Waals surface area contributed by atoms with Gasteiger partial charge in [-0.3, -0.25) is 0 Å². The van der Waals surface area contributed by atoms with Crippen LogP contribution in [0.2, 0.25) is 0 Å². The van der Waals surface area contributed by atoms with E-state index in [1.807, 2.05) is 0 Å². The molecule has 1 saturated heterocycles. The summed E-state index contributed by atoms with van der Waals surface area (Å²) in [5.74, 6) is 0. The molecule has 2 atom stereocenters. The van der Waals surface area contributed by atoms with Gasteiger partial charge in [-0.15, -0.1) is 0 Å². The minimum absolute atomic E-state index is 0.101. The number of fused-ring (bicyclic) bond motifs is 1. The van der Waals surface area contributed by atoms with Crippen LogP contribution in [-0.2, 0) is 27.4 Å². The van der Waals surface area contributed by atoms with E-state index in [4.69, 9.17) is 14.2 Å². The van der Waals surface area contributed by atoms with Crippen LogP contribution in [0.25, 0.3) is 0 Å². The molecule has 1 aromatic carbocycles. The van der Waals surface area contributed by atoms with Gasteiger partial charge in [-0.1, -0.05) is 34.1 Å². The number of ether oxygens (including phenoxy) is 3. The maximum Gasteiger partial charge on any atom is 0.0975 e. The van der Waals surface area contributed by atoms with Gasteiger partial charge in [-0.2, -0.15) is 0 Å². The summed E-state index contributed by atoms with van der Waals surface area (Å²) in [7, 11) is 0. The number of hydrogen-bond donors (Lipinski definition) is 0. The Bertz CT molecular complexity index is 402. The minimum atomic E-state index is 0.101. The number of hydrogen-bond acceptors (Lipinski definition) is 3. The van der Waals surface area contributed by atoms with Crippen LogP contribution in [0.5, 0.6) is 0 Å². The van der Waals surface area contributed by atoms with Crippen molar-refractivity contribution in [2.24, 2.45) is 0 Å². The van der Waals surface area contributed by atoms with Crippen LogP contribution >= 0.6 is 15.9 Å². The zero-order valence-electron chi connectivity index (χ0n) is 9.52. The Labute approximate surface area is 109 Å². The number of rotatable bonds is 2. The van der Waals surface area contributed by atoms with Gasteiger partial charge >= 0.3 is 0 Å². The normalized spacial score (nSPS) is 25.6. The van der Waals surface area contributed by atoms with Crippen molar-refractivity contribution < 1.29 is 14.2 Å². The highest BCUT2D eigenvalue weighted by Gasteiger charge is 2.25. The molecule has 3 nitrogen and oxygen atoms in total. The zero-order chi connectivity index (χ0) is 11.7. The third-order valence-electron chi connectivity index (χ3n) is 3.23. The number of benzene rings is 1. The van der Waals surface area contributed by atoms with Crippen molar-refractivity contribution in [1.82, 2.24) is 0 Å². The van der Waals surface area contributed by atoms with Crippen molar-refractivity contribution >= 4 is 15.9 Å². The quantitative estimate of drug-likeness (QED) is 0.786. The Morgan fingerprint density at radius 2 is 2.00 bits per heavy atom. The third-order valence-corrected chi connectivity index (χ3v) is 4.35. The van der Waals surface area contributed by atoms with Crippen molar-refractivity contribution in [1.29, 1.82) is 0 Å². The first-order chi connectivity index (χ1) is 8.34. The van der Waals surface area contributed by atoms with Crippen LogP contribution in [0, 0.1) is 0 Å². The average molecular weight is 299 g/mol. The average Bonchev–Trinajstić information content (AvgIpc) is 2.86. The topological polar surface area (TPSA) is 27.7 Å². The molecule has 17 heavy (non-hydrogen) atoms. The zero-order valence-corrected chi connectivity index (χ0v) is 11.1. The van der Waals surface area contributed by atoms with Crippen LogP contribution in [0.4, 0.5) is 0 Å². The molecule has 1 fully saturated rings. The molecule has 2 aliphatic heterocycles. The van der Waals surface area contributed by atoms with E-state index in [-0.39, 0.29) is 10.9 Å². The largest absolute Gasteiger partial charge is 0.376 e. The summed E-state index contributed by atoms with van der Waals surface area (Å²) in [6, 6.07) is 6.50. The Balaban J connectivity index is 1.78. The lowest BCUT2D eigenvalue weighted by Crippen LogP contribution is -2.31. The Morgan fingerprint density at radius 3 is 2.82 bits per heavy atom. The molecule has 2 heterocycles. The molecule has 0 amide bonds. The maximum atomic E-state index is 5.71. The first kappa shape index (κ1) is 11.7. The molecule has 0 saturated carbocycles. The smallest absolute Gasteiger partial charge is 0.0975 e. The molecule has 1 aromatic rings. The number of alkyl halides is 1. The van der Waals surface area contributed by atoms with Gasteiger partial charge in [0.15, 0.2) is 0 Å². The summed E-state index contributed by atoms with van der Waals surface area (Å²) in [5, 5.41) is 0. The van der Waals surface area contributed by atoms with Crippen LogP contribution in [0.1, 0.15) is 21.5 Å². The van der Waals surface area contributed by atoms with Crippen molar-refractivity contribution in [3.05, 3.63) is 34.9 Å². The van der Waals surface area contributed by atoms with Crippen molar-refractivity contribution in [2.75, 3.05) is 19.8 Å². The van der Waals surface area contributed by atoms with E-state index in [2.05, 4.69) is 34.1 Å². The molecule has 0 aromatic heterocycles. The van der Waals surface area contributed by atoms with Crippen LogP contribution in [-0.4, -0.2) is 25.9 Å². The van der Waals surface area contributed by atoms with Gasteiger partial charge in [0.25, 0.3) is 0 Å². The predicted octanol–water partition coefficient (Wildman–Crippen LogP) is 2.57. The highest BCUT2D eigenvalue weighted by molar-refractivity contribution is 9.09. The molecule has 2 unspecified atom stereocenters. The van der Waals surface area contributed by atoms with Crippen molar-refractivity contribution in [3.8, 4) is 0 Å². The van der Waals surface area contributed by atoms with Gasteiger partial charge in [0.05, 0.1) is 44.0 Å². The molecule has 0 N–H and O–H groups in total. The molecular formula is C13H15BrO3. The first-order valence-electron chi connectivity index (χ1n) is 5.87. The first-order valence-corrected chi connectivity index (χ1v) is 6.79. The summed E-state index contributed by atoms with van der Waals surface area (Å²) >= 11 is 3.71. The second kappa shape index (κ2) is 5.06. The highest BCUT2D eigenvalue weighted by atomic mass is 79.9. The second-order valence-electron chi connectivity index (χ2n) is 4.41. The maximum absolute atomic E-state index is 5.71. The predicted molar refractivity (Wildman–Crippen MR) is 67.2 cm³/mol. The Hall–Kier alpha value is -0.420.